The molecule has 5 heterocycles. The van der Waals surface area contributed by atoms with Crippen LogP contribution in [0.2, 0.25) is 5.02 Å². The van der Waals surface area contributed by atoms with Crippen molar-refractivity contribution < 1.29 is 22.7 Å². The van der Waals surface area contributed by atoms with Gasteiger partial charge in [0.15, 0.2) is 0 Å². The van der Waals surface area contributed by atoms with Gasteiger partial charge in [0, 0.05) is 35.3 Å². The van der Waals surface area contributed by atoms with Crippen LogP contribution in [0.25, 0.3) is 0 Å². The predicted octanol–water partition coefficient (Wildman–Crippen LogP) is 5.65. The lowest BCUT2D eigenvalue weighted by molar-refractivity contribution is -0.141. The summed E-state index contributed by atoms with van der Waals surface area (Å²) in [4.78, 5) is 24.7. The maximum atomic E-state index is 13.6. The molecule has 0 unspecified atom stereocenters. The third-order valence-corrected chi connectivity index (χ3v) is 9.41. The number of aliphatic imine (C=N–C) groups is 1. The molecule has 2 saturated carbocycles. The number of ether oxygens (including phenoxy) is 1. The van der Waals surface area contributed by atoms with Crippen molar-refractivity contribution in [1.82, 2.24) is 10.3 Å². The molecule has 1 N–H and O–H groups in total. The SMILES string of the molecule is C[C@H]1C[C@@]2(CCN1c1cc(Cl)ccc1CC1CC1)N=C(c1ccc(C(F)(F)F)nc1C13CC(CO1)C3)NC2=O. The number of rotatable bonds is 5. The number of carbonyl (C=O) groups is 1. The first-order valence-corrected chi connectivity index (χ1v) is 14.1. The summed E-state index contributed by atoms with van der Waals surface area (Å²) < 4.78 is 46.7. The number of fused-ring (bicyclic) bond motifs is 1. The van der Waals surface area contributed by atoms with E-state index in [9.17, 15) is 18.0 Å². The molecule has 5 fully saturated rings. The molecule has 1 spiro atoms. The predicted molar refractivity (Wildman–Crippen MR) is 141 cm³/mol. The van der Waals surface area contributed by atoms with Crippen LogP contribution in [0.4, 0.5) is 18.9 Å². The van der Waals surface area contributed by atoms with E-state index in [0.29, 0.717) is 61.2 Å². The number of carbonyl (C=O) groups excluding carboxylic acids is 1. The molecule has 1 amide bonds. The first-order chi connectivity index (χ1) is 18.6. The third kappa shape index (κ3) is 4.24. The molecule has 1 aromatic heterocycles. The van der Waals surface area contributed by atoms with E-state index in [1.165, 1.54) is 24.5 Å². The van der Waals surface area contributed by atoms with Crippen LogP contribution in [-0.2, 0) is 27.7 Å². The minimum Gasteiger partial charge on any atom is -0.368 e. The average molecular weight is 559 g/mol. The normalized spacial score (nSPS) is 31.9. The van der Waals surface area contributed by atoms with Crippen LogP contribution in [0.3, 0.4) is 0 Å². The van der Waals surface area contributed by atoms with Crippen molar-refractivity contribution in [2.45, 2.75) is 75.2 Å². The van der Waals surface area contributed by atoms with E-state index in [1.54, 1.807) is 0 Å². The van der Waals surface area contributed by atoms with Crippen molar-refractivity contribution in [3.8, 4) is 0 Å². The van der Waals surface area contributed by atoms with Gasteiger partial charge in [-0.2, -0.15) is 13.2 Å². The largest absolute Gasteiger partial charge is 0.433 e. The van der Waals surface area contributed by atoms with E-state index in [2.05, 4.69) is 28.2 Å². The van der Waals surface area contributed by atoms with Gasteiger partial charge in [0.1, 0.15) is 22.7 Å². The van der Waals surface area contributed by atoms with E-state index >= 15 is 0 Å². The van der Waals surface area contributed by atoms with Crippen LogP contribution < -0.4 is 10.2 Å². The van der Waals surface area contributed by atoms with Gasteiger partial charge in [-0.1, -0.05) is 17.7 Å². The number of aromatic nitrogens is 1. The topological polar surface area (TPSA) is 66.8 Å². The molecule has 6 nitrogen and oxygen atoms in total. The number of pyridine rings is 1. The Labute approximate surface area is 230 Å². The number of piperidine rings is 1. The number of benzene rings is 1. The van der Waals surface area contributed by atoms with Crippen molar-refractivity contribution in [3.63, 3.8) is 0 Å². The maximum Gasteiger partial charge on any atom is 0.433 e. The summed E-state index contributed by atoms with van der Waals surface area (Å²) in [6.07, 6.45) is 1.22. The molecule has 0 radical (unpaired) electrons. The number of nitrogens with one attached hydrogen (secondary N) is 1. The van der Waals surface area contributed by atoms with Crippen LogP contribution in [0.15, 0.2) is 35.3 Å². The van der Waals surface area contributed by atoms with Gasteiger partial charge in [-0.15, -0.1) is 0 Å². The summed E-state index contributed by atoms with van der Waals surface area (Å²) in [5.41, 5.74) is 0.272. The average Bonchev–Trinajstić information content (AvgIpc) is 3.29. The summed E-state index contributed by atoms with van der Waals surface area (Å²) in [5.74, 6) is 1.14. The summed E-state index contributed by atoms with van der Waals surface area (Å²) in [7, 11) is 0. The highest BCUT2D eigenvalue weighted by molar-refractivity contribution is 6.30. The fraction of sp³-hybridized carbons (Fsp3) is 0.552. The number of alkyl halides is 3. The molecule has 8 rings (SSSR count). The Balaban J connectivity index is 1.20. The number of halogens is 4. The zero-order chi connectivity index (χ0) is 27.2. The zero-order valence-corrected chi connectivity index (χ0v) is 22.4. The van der Waals surface area contributed by atoms with Crippen molar-refractivity contribution >= 4 is 29.0 Å². The van der Waals surface area contributed by atoms with Crippen molar-refractivity contribution in [2.24, 2.45) is 16.8 Å². The molecule has 2 aromatic rings. The van der Waals surface area contributed by atoms with E-state index in [4.69, 9.17) is 21.3 Å². The highest BCUT2D eigenvalue weighted by atomic mass is 35.5. The summed E-state index contributed by atoms with van der Waals surface area (Å²) in [6, 6.07) is 8.43. The highest BCUT2D eigenvalue weighted by Crippen LogP contribution is 2.56. The molecule has 2 atom stereocenters. The van der Waals surface area contributed by atoms with Gasteiger partial charge < -0.3 is 15.0 Å². The quantitative estimate of drug-likeness (QED) is 0.515. The number of anilines is 1. The van der Waals surface area contributed by atoms with Crippen molar-refractivity contribution in [1.29, 1.82) is 0 Å². The highest BCUT2D eigenvalue weighted by Gasteiger charge is 2.57. The van der Waals surface area contributed by atoms with Crippen LogP contribution in [0, 0.1) is 11.8 Å². The lowest BCUT2D eigenvalue weighted by Crippen LogP contribution is -2.53. The van der Waals surface area contributed by atoms with Crippen LogP contribution in [0.5, 0.6) is 0 Å². The van der Waals surface area contributed by atoms with Gasteiger partial charge in [-0.25, -0.2) is 4.98 Å². The number of amidine groups is 1. The number of hydrogen-bond acceptors (Lipinski definition) is 5. The Morgan fingerprint density at radius 1 is 1.18 bits per heavy atom. The maximum absolute atomic E-state index is 13.6. The Morgan fingerprint density at radius 3 is 2.64 bits per heavy atom. The number of nitrogens with zero attached hydrogens (tertiary/aromatic N) is 3. The first-order valence-electron chi connectivity index (χ1n) is 13.7. The second-order valence-corrected chi connectivity index (χ2v) is 12.5. The van der Waals surface area contributed by atoms with Gasteiger partial charge in [0.2, 0.25) is 0 Å². The van der Waals surface area contributed by atoms with Gasteiger partial charge in [-0.3, -0.25) is 9.79 Å². The van der Waals surface area contributed by atoms with Crippen molar-refractivity contribution in [2.75, 3.05) is 18.1 Å². The molecule has 206 valence electrons. The fourth-order valence-corrected chi connectivity index (χ4v) is 7.12. The van der Waals surface area contributed by atoms with Crippen LogP contribution in [0.1, 0.15) is 68.0 Å². The van der Waals surface area contributed by atoms with Gasteiger partial charge in [0.25, 0.3) is 5.91 Å². The minimum atomic E-state index is -4.57. The molecular weight excluding hydrogens is 529 g/mol. The van der Waals surface area contributed by atoms with E-state index in [-0.39, 0.29) is 17.6 Å². The molecule has 10 heteroatoms. The van der Waals surface area contributed by atoms with Crippen molar-refractivity contribution in [3.05, 3.63) is 57.9 Å². The van der Waals surface area contributed by atoms with E-state index in [0.717, 1.165) is 24.1 Å². The lowest BCUT2D eigenvalue weighted by atomic mass is 9.71. The standard InChI is InChI=1S/C29H30ClF3N4O2/c1-16-12-27(8-9-37(16)22-11-20(30)5-4-19(22)10-17-2-3-17)26(38)35-25(36-27)21-6-7-23(29(31,32)33)34-24(21)28-13-18(14-28)15-39-28/h4-7,11,16-18H,2-3,8-10,12-15H2,1H3,(H,35,36,38)/t16-,18?,27+,28?/m0/s1. The minimum absolute atomic E-state index is 0.0124. The lowest BCUT2D eigenvalue weighted by Gasteiger charge is -2.42. The zero-order valence-electron chi connectivity index (χ0n) is 21.7. The summed E-state index contributed by atoms with van der Waals surface area (Å²) in [6.45, 7) is 3.23. The van der Waals surface area contributed by atoms with Gasteiger partial charge >= 0.3 is 6.18 Å². The van der Waals surface area contributed by atoms with Crippen LogP contribution >= 0.6 is 11.6 Å². The Morgan fingerprint density at radius 2 is 1.97 bits per heavy atom. The molecule has 39 heavy (non-hydrogen) atoms. The van der Waals surface area contributed by atoms with Gasteiger partial charge in [0.05, 0.1) is 12.3 Å². The summed E-state index contributed by atoms with van der Waals surface area (Å²) >= 11 is 6.39. The molecule has 2 aliphatic carbocycles. The molecular formula is C29H30ClF3N4O2. The number of hydrogen-bond donors (Lipinski definition) is 1. The summed E-state index contributed by atoms with van der Waals surface area (Å²) in [5, 5.41) is 3.60. The monoisotopic (exact) mass is 558 g/mol. The fourth-order valence-electron chi connectivity index (χ4n) is 6.95. The van der Waals surface area contributed by atoms with Crippen LogP contribution in [-0.4, -0.2) is 41.5 Å². The second kappa shape index (κ2) is 8.67. The van der Waals surface area contributed by atoms with E-state index < -0.39 is 23.0 Å². The molecule has 3 saturated heterocycles. The molecule has 1 aromatic carbocycles. The first kappa shape index (κ1) is 25.3. The molecule has 4 aliphatic heterocycles. The Bertz CT molecular complexity index is 1380. The third-order valence-electron chi connectivity index (χ3n) is 9.18. The molecule has 6 aliphatic rings. The smallest absolute Gasteiger partial charge is 0.368 e. The second-order valence-electron chi connectivity index (χ2n) is 12.0. The number of amides is 1. The molecule has 2 bridgehead atoms. The Hall–Kier alpha value is -2.65. The van der Waals surface area contributed by atoms with Gasteiger partial charge in [-0.05, 0) is 87.1 Å². The van der Waals surface area contributed by atoms with E-state index in [1.807, 2.05) is 12.1 Å². The Kier molecular flexibility index (Phi) is 5.63.